The number of rotatable bonds is 2. The summed E-state index contributed by atoms with van der Waals surface area (Å²) in [5.74, 6) is 0. The van der Waals surface area contributed by atoms with Crippen LogP contribution in [0, 0.1) is 0 Å². The fourth-order valence-corrected chi connectivity index (χ4v) is 2.22. The van der Waals surface area contributed by atoms with E-state index in [0.29, 0.717) is 0 Å². The van der Waals surface area contributed by atoms with Crippen LogP contribution in [-0.4, -0.2) is 18.9 Å². The molecule has 2 atom stereocenters. The Morgan fingerprint density at radius 1 is 1.60 bits per heavy atom. The molecule has 3 N–H and O–H groups in total. The van der Waals surface area contributed by atoms with Crippen molar-refractivity contribution in [3.63, 3.8) is 0 Å². The zero-order chi connectivity index (χ0) is 10.9. The fourth-order valence-electron chi connectivity index (χ4n) is 2.22. The molecule has 1 aliphatic rings. The number of hydrogen-bond donors (Lipinski definition) is 2. The molecule has 3 nitrogen and oxygen atoms in total. The van der Waals surface area contributed by atoms with Crippen LogP contribution in [0.15, 0.2) is 24.3 Å². The van der Waals surface area contributed by atoms with Gasteiger partial charge in [0.25, 0.3) is 0 Å². The zero-order valence-corrected chi connectivity index (χ0v) is 8.86. The van der Waals surface area contributed by atoms with Gasteiger partial charge in [-0.1, -0.05) is 19.1 Å². The molecule has 1 fully saturated rings. The molecule has 0 amide bonds. The standard InChI is InChI=1S/C12H16N2O/c1-12(6-11(7-15)14-8-12)9-3-2-4-10(13)5-9/h2-5,7,11,14H,6,8,13H2,1H3. The number of benzene rings is 1. The lowest BCUT2D eigenvalue weighted by atomic mass is 9.80. The molecule has 1 saturated heterocycles. The van der Waals surface area contributed by atoms with E-state index in [1.54, 1.807) is 0 Å². The summed E-state index contributed by atoms with van der Waals surface area (Å²) in [5, 5.41) is 3.21. The molecule has 80 valence electrons. The van der Waals surface area contributed by atoms with Gasteiger partial charge in [0.15, 0.2) is 0 Å². The van der Waals surface area contributed by atoms with E-state index in [1.165, 1.54) is 5.56 Å². The van der Waals surface area contributed by atoms with Gasteiger partial charge < -0.3 is 15.8 Å². The molecule has 1 heterocycles. The molecule has 0 aromatic heterocycles. The van der Waals surface area contributed by atoms with Crippen molar-refractivity contribution in [2.75, 3.05) is 12.3 Å². The summed E-state index contributed by atoms with van der Waals surface area (Å²) in [4.78, 5) is 10.7. The first-order chi connectivity index (χ1) is 7.14. The maximum Gasteiger partial charge on any atom is 0.136 e. The first-order valence-electron chi connectivity index (χ1n) is 5.19. The van der Waals surface area contributed by atoms with Gasteiger partial charge in [0.05, 0.1) is 6.04 Å². The Balaban J connectivity index is 2.27. The Morgan fingerprint density at radius 2 is 2.40 bits per heavy atom. The van der Waals surface area contributed by atoms with Crippen LogP contribution < -0.4 is 11.1 Å². The third kappa shape index (κ3) is 1.88. The summed E-state index contributed by atoms with van der Waals surface area (Å²) in [6, 6.07) is 7.90. The average molecular weight is 204 g/mol. The van der Waals surface area contributed by atoms with Gasteiger partial charge in [-0.2, -0.15) is 0 Å². The van der Waals surface area contributed by atoms with Crippen molar-refractivity contribution < 1.29 is 4.79 Å². The van der Waals surface area contributed by atoms with E-state index in [9.17, 15) is 4.79 Å². The molecule has 1 aromatic rings. The predicted molar refractivity (Wildman–Crippen MR) is 60.7 cm³/mol. The van der Waals surface area contributed by atoms with E-state index in [4.69, 9.17) is 5.73 Å². The third-order valence-electron chi connectivity index (χ3n) is 3.17. The van der Waals surface area contributed by atoms with Crippen LogP contribution >= 0.6 is 0 Å². The number of nitrogens with two attached hydrogens (primary N) is 1. The van der Waals surface area contributed by atoms with Crippen LogP contribution in [0.1, 0.15) is 18.9 Å². The molecule has 1 aliphatic heterocycles. The van der Waals surface area contributed by atoms with E-state index >= 15 is 0 Å². The van der Waals surface area contributed by atoms with E-state index in [0.717, 1.165) is 24.9 Å². The lowest BCUT2D eigenvalue weighted by Gasteiger charge is -2.23. The number of hydrogen-bond acceptors (Lipinski definition) is 3. The monoisotopic (exact) mass is 204 g/mol. The third-order valence-corrected chi connectivity index (χ3v) is 3.17. The molecule has 2 rings (SSSR count). The summed E-state index contributed by atoms with van der Waals surface area (Å²) in [5.41, 5.74) is 7.78. The molecule has 0 radical (unpaired) electrons. The van der Waals surface area contributed by atoms with Gasteiger partial charge in [-0.25, -0.2) is 0 Å². The van der Waals surface area contributed by atoms with Crippen LogP contribution in [0.2, 0.25) is 0 Å². The highest BCUT2D eigenvalue weighted by Crippen LogP contribution is 2.33. The zero-order valence-electron chi connectivity index (χ0n) is 8.86. The van der Waals surface area contributed by atoms with Crippen molar-refractivity contribution in [1.29, 1.82) is 0 Å². The topological polar surface area (TPSA) is 55.1 Å². The van der Waals surface area contributed by atoms with Crippen molar-refractivity contribution in [1.82, 2.24) is 5.32 Å². The summed E-state index contributed by atoms with van der Waals surface area (Å²) in [6.07, 6.45) is 1.83. The van der Waals surface area contributed by atoms with Gasteiger partial charge in [-0.3, -0.25) is 0 Å². The van der Waals surface area contributed by atoms with Crippen molar-refractivity contribution in [3.8, 4) is 0 Å². The van der Waals surface area contributed by atoms with Crippen molar-refractivity contribution in [3.05, 3.63) is 29.8 Å². The van der Waals surface area contributed by atoms with Gasteiger partial charge in [0, 0.05) is 17.6 Å². The first kappa shape index (κ1) is 10.2. The van der Waals surface area contributed by atoms with E-state index in [-0.39, 0.29) is 11.5 Å². The molecule has 0 aliphatic carbocycles. The van der Waals surface area contributed by atoms with E-state index in [2.05, 4.69) is 18.3 Å². The second-order valence-corrected chi connectivity index (χ2v) is 4.51. The summed E-state index contributed by atoms with van der Waals surface area (Å²) < 4.78 is 0. The number of nitrogen functional groups attached to an aromatic ring is 1. The van der Waals surface area contributed by atoms with Crippen LogP contribution in [0.25, 0.3) is 0 Å². The highest BCUT2D eigenvalue weighted by atomic mass is 16.1. The number of carbonyl (C=O) groups is 1. The van der Waals surface area contributed by atoms with Crippen LogP contribution in [-0.2, 0) is 10.2 Å². The maximum absolute atomic E-state index is 10.7. The van der Waals surface area contributed by atoms with Crippen LogP contribution in [0.3, 0.4) is 0 Å². The van der Waals surface area contributed by atoms with E-state index < -0.39 is 0 Å². The fraction of sp³-hybridized carbons (Fsp3) is 0.417. The Kier molecular flexibility index (Phi) is 2.49. The molecular weight excluding hydrogens is 188 g/mol. The quantitative estimate of drug-likeness (QED) is 0.560. The molecule has 2 unspecified atom stereocenters. The number of carbonyl (C=O) groups excluding carboxylic acids is 1. The SMILES string of the molecule is CC1(c2cccc(N)c2)CNC(C=O)C1. The molecule has 0 spiro atoms. The summed E-state index contributed by atoms with van der Waals surface area (Å²) in [6.45, 7) is 3.00. The lowest BCUT2D eigenvalue weighted by Crippen LogP contribution is -2.25. The Morgan fingerprint density at radius 3 is 3.00 bits per heavy atom. The second-order valence-electron chi connectivity index (χ2n) is 4.51. The van der Waals surface area contributed by atoms with Gasteiger partial charge >= 0.3 is 0 Å². The molecule has 3 heteroatoms. The van der Waals surface area contributed by atoms with Crippen molar-refractivity contribution in [2.45, 2.75) is 24.8 Å². The van der Waals surface area contributed by atoms with Gasteiger partial charge in [-0.05, 0) is 24.1 Å². The highest BCUT2D eigenvalue weighted by Gasteiger charge is 2.35. The summed E-state index contributed by atoms with van der Waals surface area (Å²) >= 11 is 0. The van der Waals surface area contributed by atoms with Crippen molar-refractivity contribution >= 4 is 12.0 Å². The maximum atomic E-state index is 10.7. The minimum atomic E-state index is -0.0172. The van der Waals surface area contributed by atoms with Crippen LogP contribution in [0.4, 0.5) is 5.69 Å². The van der Waals surface area contributed by atoms with Gasteiger partial charge in [0.1, 0.15) is 6.29 Å². The summed E-state index contributed by atoms with van der Waals surface area (Å²) in [7, 11) is 0. The first-order valence-corrected chi connectivity index (χ1v) is 5.19. The number of aldehydes is 1. The normalized spacial score (nSPS) is 30.3. The van der Waals surface area contributed by atoms with Gasteiger partial charge in [-0.15, -0.1) is 0 Å². The predicted octanol–water partition coefficient (Wildman–Crippen LogP) is 1.09. The average Bonchev–Trinajstić information content (AvgIpc) is 2.62. The molecule has 0 bridgehead atoms. The van der Waals surface area contributed by atoms with Crippen LogP contribution in [0.5, 0.6) is 0 Å². The highest BCUT2D eigenvalue weighted by molar-refractivity contribution is 5.59. The van der Waals surface area contributed by atoms with Crippen molar-refractivity contribution in [2.24, 2.45) is 0 Å². The largest absolute Gasteiger partial charge is 0.399 e. The smallest absolute Gasteiger partial charge is 0.136 e. The Bertz CT molecular complexity index is 378. The minimum Gasteiger partial charge on any atom is -0.399 e. The molecular formula is C12H16N2O. The molecule has 1 aromatic carbocycles. The lowest BCUT2D eigenvalue weighted by molar-refractivity contribution is -0.109. The minimum absolute atomic E-state index is 0.0172. The molecule has 15 heavy (non-hydrogen) atoms. The number of nitrogens with one attached hydrogen (secondary N) is 1. The van der Waals surface area contributed by atoms with E-state index in [1.807, 2.05) is 18.2 Å². The van der Waals surface area contributed by atoms with Gasteiger partial charge in [0.2, 0.25) is 0 Å². The molecule has 0 saturated carbocycles. The Labute approximate surface area is 89.7 Å². The second kappa shape index (κ2) is 3.66. The Hall–Kier alpha value is -1.35. The number of anilines is 1.